The van der Waals surface area contributed by atoms with Gasteiger partial charge in [0, 0.05) is 39.6 Å². The van der Waals surface area contributed by atoms with Crippen molar-refractivity contribution in [1.82, 2.24) is 9.97 Å². The third kappa shape index (κ3) is 3.36. The molecule has 0 aliphatic rings. The van der Waals surface area contributed by atoms with Gasteiger partial charge in [-0.2, -0.15) is 0 Å². The number of aryl methyl sites for hydroxylation is 1. The van der Waals surface area contributed by atoms with E-state index in [0.29, 0.717) is 0 Å². The summed E-state index contributed by atoms with van der Waals surface area (Å²) in [4.78, 5) is 7.52. The Morgan fingerprint density at radius 2 is 1.39 bits per heavy atom. The molecule has 6 rings (SSSR count). The zero-order valence-corrected chi connectivity index (χ0v) is 20.5. The largest absolute Gasteiger partial charge is 0.496 e. The summed E-state index contributed by atoms with van der Waals surface area (Å²) in [7, 11) is 1.75. The SMILES string of the molecule is COc1ccccc1C(c1ccccc1)(c1cc(C)c[nH]1)c1[nH]c2ccccc2c1-c1ccccc1. The predicted molar refractivity (Wildman–Crippen MR) is 148 cm³/mol. The molecular formula is C33H28N2O. The number of ether oxygens (including phenoxy) is 1. The summed E-state index contributed by atoms with van der Waals surface area (Å²) < 4.78 is 6.01. The van der Waals surface area contributed by atoms with Crippen LogP contribution < -0.4 is 4.74 Å². The Hall–Kier alpha value is -4.50. The normalized spacial score (nSPS) is 12.9. The van der Waals surface area contributed by atoms with E-state index in [2.05, 4.69) is 126 Å². The van der Waals surface area contributed by atoms with E-state index < -0.39 is 5.41 Å². The third-order valence-corrected chi connectivity index (χ3v) is 7.09. The molecule has 0 spiro atoms. The van der Waals surface area contributed by atoms with Crippen molar-refractivity contribution in [2.75, 3.05) is 7.11 Å². The van der Waals surface area contributed by atoms with Crippen LogP contribution in [0.15, 0.2) is 121 Å². The Kier molecular flexibility index (Phi) is 5.46. The zero-order valence-electron chi connectivity index (χ0n) is 20.5. The Morgan fingerprint density at radius 3 is 2.11 bits per heavy atom. The number of hydrogen-bond donors (Lipinski definition) is 2. The van der Waals surface area contributed by atoms with E-state index in [9.17, 15) is 0 Å². The van der Waals surface area contributed by atoms with Gasteiger partial charge in [-0.3, -0.25) is 0 Å². The van der Waals surface area contributed by atoms with Gasteiger partial charge >= 0.3 is 0 Å². The highest BCUT2D eigenvalue weighted by molar-refractivity contribution is 5.99. The number of methoxy groups -OCH3 is 1. The predicted octanol–water partition coefficient (Wildman–Crippen LogP) is 7.86. The van der Waals surface area contributed by atoms with Crippen LogP contribution in [0.1, 0.15) is 28.1 Å². The Morgan fingerprint density at radius 1 is 0.722 bits per heavy atom. The van der Waals surface area contributed by atoms with Crippen molar-refractivity contribution >= 4 is 10.9 Å². The number of aromatic amines is 2. The van der Waals surface area contributed by atoms with E-state index in [4.69, 9.17) is 4.74 Å². The molecule has 2 heterocycles. The molecule has 0 bridgehead atoms. The molecule has 0 amide bonds. The van der Waals surface area contributed by atoms with E-state index in [0.717, 1.165) is 33.8 Å². The lowest BCUT2D eigenvalue weighted by Gasteiger charge is -2.36. The van der Waals surface area contributed by atoms with Crippen LogP contribution in [-0.4, -0.2) is 17.1 Å². The van der Waals surface area contributed by atoms with Crippen molar-refractivity contribution in [3.05, 3.63) is 150 Å². The Balaban J connectivity index is 1.85. The zero-order chi connectivity index (χ0) is 24.5. The summed E-state index contributed by atoms with van der Waals surface area (Å²) in [5.41, 5.74) is 8.36. The lowest BCUT2D eigenvalue weighted by atomic mass is 9.67. The topological polar surface area (TPSA) is 40.8 Å². The minimum absolute atomic E-state index is 0.688. The van der Waals surface area contributed by atoms with Crippen LogP contribution in [0.5, 0.6) is 5.75 Å². The fraction of sp³-hybridized carbons (Fsp3) is 0.0909. The fourth-order valence-electron chi connectivity index (χ4n) is 5.56. The molecule has 0 fully saturated rings. The number of aromatic nitrogens is 2. The number of para-hydroxylation sites is 2. The first-order chi connectivity index (χ1) is 17.7. The van der Waals surface area contributed by atoms with Crippen LogP contribution in [0, 0.1) is 6.92 Å². The molecule has 0 aliphatic heterocycles. The van der Waals surface area contributed by atoms with Crippen molar-refractivity contribution in [2.24, 2.45) is 0 Å². The van der Waals surface area contributed by atoms with E-state index in [-0.39, 0.29) is 0 Å². The highest BCUT2D eigenvalue weighted by atomic mass is 16.5. The molecule has 0 radical (unpaired) electrons. The molecular weight excluding hydrogens is 440 g/mol. The first-order valence-corrected chi connectivity index (χ1v) is 12.2. The smallest absolute Gasteiger partial charge is 0.123 e. The van der Waals surface area contributed by atoms with Crippen LogP contribution >= 0.6 is 0 Å². The first kappa shape index (κ1) is 22.0. The van der Waals surface area contributed by atoms with E-state index >= 15 is 0 Å². The van der Waals surface area contributed by atoms with Crippen LogP contribution in [0.2, 0.25) is 0 Å². The first-order valence-electron chi connectivity index (χ1n) is 12.2. The van der Waals surface area contributed by atoms with Crippen molar-refractivity contribution in [3.63, 3.8) is 0 Å². The number of benzene rings is 4. The average Bonchev–Trinajstić information content (AvgIpc) is 3.55. The molecule has 6 aromatic rings. The molecule has 0 saturated heterocycles. The van der Waals surface area contributed by atoms with Gasteiger partial charge in [0.25, 0.3) is 0 Å². The van der Waals surface area contributed by atoms with Gasteiger partial charge in [0.1, 0.15) is 11.2 Å². The van der Waals surface area contributed by atoms with E-state index in [1.807, 2.05) is 12.1 Å². The molecule has 3 nitrogen and oxygen atoms in total. The van der Waals surface area contributed by atoms with Gasteiger partial charge in [-0.15, -0.1) is 0 Å². The number of hydrogen-bond acceptors (Lipinski definition) is 1. The van der Waals surface area contributed by atoms with Crippen LogP contribution in [0.25, 0.3) is 22.0 Å². The van der Waals surface area contributed by atoms with Crippen molar-refractivity contribution in [3.8, 4) is 16.9 Å². The van der Waals surface area contributed by atoms with Crippen molar-refractivity contribution in [2.45, 2.75) is 12.3 Å². The molecule has 0 aliphatic carbocycles. The number of rotatable bonds is 6. The monoisotopic (exact) mass is 468 g/mol. The standard InChI is InChI=1S/C33H28N2O/c1-23-21-30(34-22-23)33(25-15-7-4-8-16-25,27-18-10-12-20-29(27)36-2)32-31(24-13-5-3-6-14-24)26-17-9-11-19-28(26)35-32/h3-22,34-35H,1-2H3. The molecule has 2 aromatic heterocycles. The number of H-pyrrole nitrogens is 2. The van der Waals surface area contributed by atoms with Gasteiger partial charge in [0.2, 0.25) is 0 Å². The summed E-state index contributed by atoms with van der Waals surface area (Å²) in [5.74, 6) is 0.839. The molecule has 0 saturated carbocycles. The fourth-order valence-corrected chi connectivity index (χ4v) is 5.56. The average molecular weight is 469 g/mol. The quantitative estimate of drug-likeness (QED) is 0.257. The summed E-state index contributed by atoms with van der Waals surface area (Å²) >= 11 is 0. The lowest BCUT2D eigenvalue weighted by molar-refractivity contribution is 0.404. The molecule has 36 heavy (non-hydrogen) atoms. The number of nitrogens with one attached hydrogen (secondary N) is 2. The Labute approximate surface area is 211 Å². The molecule has 1 atom stereocenters. The molecule has 176 valence electrons. The van der Waals surface area contributed by atoms with E-state index in [1.54, 1.807) is 7.11 Å². The van der Waals surface area contributed by atoms with Gasteiger partial charge in [0.05, 0.1) is 7.11 Å². The summed E-state index contributed by atoms with van der Waals surface area (Å²) in [6.07, 6.45) is 2.08. The minimum atomic E-state index is -0.688. The van der Waals surface area contributed by atoms with Gasteiger partial charge in [-0.25, -0.2) is 0 Å². The van der Waals surface area contributed by atoms with Gasteiger partial charge < -0.3 is 14.7 Å². The van der Waals surface area contributed by atoms with Crippen LogP contribution in [-0.2, 0) is 5.41 Å². The maximum absolute atomic E-state index is 6.01. The lowest BCUT2D eigenvalue weighted by Crippen LogP contribution is -2.33. The summed E-state index contributed by atoms with van der Waals surface area (Å²) in [5, 5.41) is 1.19. The van der Waals surface area contributed by atoms with Crippen LogP contribution in [0.4, 0.5) is 0 Å². The second-order valence-corrected chi connectivity index (χ2v) is 9.19. The highest BCUT2D eigenvalue weighted by Gasteiger charge is 2.45. The second kappa shape index (κ2) is 8.94. The molecule has 1 unspecified atom stereocenters. The summed E-state index contributed by atoms with van der Waals surface area (Å²) in [6, 6.07) is 40.5. The van der Waals surface area contributed by atoms with E-state index in [1.165, 1.54) is 22.1 Å². The maximum atomic E-state index is 6.01. The maximum Gasteiger partial charge on any atom is 0.123 e. The number of fused-ring (bicyclic) bond motifs is 1. The third-order valence-electron chi connectivity index (χ3n) is 7.09. The second-order valence-electron chi connectivity index (χ2n) is 9.19. The Bertz CT molecular complexity index is 1630. The summed E-state index contributed by atoms with van der Waals surface area (Å²) in [6.45, 7) is 2.13. The molecule has 3 heteroatoms. The highest BCUT2D eigenvalue weighted by Crippen LogP contribution is 2.51. The van der Waals surface area contributed by atoms with Gasteiger partial charge in [-0.1, -0.05) is 97.1 Å². The van der Waals surface area contributed by atoms with Crippen molar-refractivity contribution in [1.29, 1.82) is 0 Å². The van der Waals surface area contributed by atoms with Gasteiger partial charge in [-0.05, 0) is 41.8 Å². The molecule has 4 aromatic carbocycles. The van der Waals surface area contributed by atoms with Crippen LogP contribution in [0.3, 0.4) is 0 Å². The van der Waals surface area contributed by atoms with Crippen molar-refractivity contribution < 1.29 is 4.74 Å². The minimum Gasteiger partial charge on any atom is -0.496 e. The molecule has 2 N–H and O–H groups in total. The van der Waals surface area contributed by atoms with Gasteiger partial charge in [0.15, 0.2) is 0 Å².